The van der Waals surface area contributed by atoms with Gasteiger partial charge in [0, 0.05) is 19.2 Å². The molecule has 1 amide bonds. The van der Waals surface area contributed by atoms with E-state index in [4.69, 9.17) is 9.47 Å². The van der Waals surface area contributed by atoms with E-state index in [1.807, 2.05) is 6.92 Å². The fourth-order valence-corrected chi connectivity index (χ4v) is 3.65. The highest BCUT2D eigenvalue weighted by molar-refractivity contribution is 5.78. The van der Waals surface area contributed by atoms with Crippen LogP contribution in [0.5, 0.6) is 5.75 Å². The minimum atomic E-state index is -0.702. The highest BCUT2D eigenvalue weighted by Gasteiger charge is 2.42. The Kier molecular flexibility index (Phi) is 4.77. The smallest absolute Gasteiger partial charge is 0.260 e. The van der Waals surface area contributed by atoms with Crippen LogP contribution in [0.1, 0.15) is 30.6 Å². The largest absolute Gasteiger partial charge is 0.481 e. The molecule has 4 rings (SSSR count). The topological polar surface area (TPSA) is 80.3 Å². The van der Waals surface area contributed by atoms with Crippen LogP contribution >= 0.6 is 0 Å². The number of H-pyrrole nitrogens is 1. The van der Waals surface area contributed by atoms with Crippen LogP contribution in [-0.2, 0) is 9.53 Å². The van der Waals surface area contributed by atoms with Gasteiger partial charge in [0.25, 0.3) is 5.91 Å². The summed E-state index contributed by atoms with van der Waals surface area (Å²) in [4.78, 5) is 18.4. The van der Waals surface area contributed by atoms with Gasteiger partial charge >= 0.3 is 0 Å². The van der Waals surface area contributed by atoms with Gasteiger partial charge in [-0.25, -0.2) is 13.8 Å². The van der Waals surface area contributed by atoms with E-state index in [1.54, 1.807) is 4.90 Å². The molecule has 3 atom stereocenters. The van der Waals surface area contributed by atoms with E-state index in [0.717, 1.165) is 36.9 Å². The first-order chi connectivity index (χ1) is 13.0. The average molecular weight is 378 g/mol. The number of halogens is 2. The van der Waals surface area contributed by atoms with Crippen LogP contribution in [0, 0.1) is 24.5 Å². The van der Waals surface area contributed by atoms with Crippen molar-refractivity contribution in [2.45, 2.75) is 32.0 Å². The molecule has 9 heteroatoms. The van der Waals surface area contributed by atoms with Crippen molar-refractivity contribution in [2.75, 3.05) is 19.7 Å². The maximum Gasteiger partial charge on any atom is 0.260 e. The zero-order valence-corrected chi connectivity index (χ0v) is 14.8. The number of aromatic nitrogens is 3. The number of piperidine rings is 1. The van der Waals surface area contributed by atoms with Gasteiger partial charge in [-0.2, -0.15) is 5.10 Å². The Bertz CT molecular complexity index is 844. The van der Waals surface area contributed by atoms with E-state index in [0.29, 0.717) is 24.8 Å². The minimum Gasteiger partial charge on any atom is -0.481 e. The third kappa shape index (κ3) is 3.78. The monoisotopic (exact) mass is 378 g/mol. The maximum absolute atomic E-state index is 13.6. The first-order valence-electron chi connectivity index (χ1n) is 8.89. The van der Waals surface area contributed by atoms with E-state index < -0.39 is 11.6 Å². The molecule has 1 unspecified atom stereocenters. The lowest BCUT2D eigenvalue weighted by Gasteiger charge is -2.34. The van der Waals surface area contributed by atoms with Crippen LogP contribution in [0.3, 0.4) is 0 Å². The molecule has 2 aromatic rings. The Morgan fingerprint density at radius 1 is 1.44 bits per heavy atom. The molecule has 1 N–H and O–H groups in total. The Morgan fingerprint density at radius 2 is 2.30 bits per heavy atom. The summed E-state index contributed by atoms with van der Waals surface area (Å²) in [7, 11) is 0. The Labute approximate surface area is 154 Å². The fraction of sp³-hybridized carbons (Fsp3) is 0.500. The van der Waals surface area contributed by atoms with Crippen molar-refractivity contribution in [1.82, 2.24) is 20.1 Å². The van der Waals surface area contributed by atoms with Crippen LogP contribution in [0.2, 0.25) is 0 Å². The molecule has 2 aliphatic heterocycles. The predicted molar refractivity (Wildman–Crippen MR) is 89.9 cm³/mol. The lowest BCUT2D eigenvalue weighted by Crippen LogP contribution is -2.47. The van der Waals surface area contributed by atoms with E-state index in [1.165, 1.54) is 0 Å². The van der Waals surface area contributed by atoms with Gasteiger partial charge in [0.15, 0.2) is 24.0 Å². The molecule has 2 aliphatic rings. The van der Waals surface area contributed by atoms with E-state index >= 15 is 0 Å². The van der Waals surface area contributed by atoms with Gasteiger partial charge in [0.05, 0.1) is 6.10 Å². The quantitative estimate of drug-likeness (QED) is 0.882. The number of hydrogen-bond donors (Lipinski definition) is 1. The van der Waals surface area contributed by atoms with Gasteiger partial charge in [-0.3, -0.25) is 9.89 Å². The molecule has 1 aromatic heterocycles. The van der Waals surface area contributed by atoms with Crippen LogP contribution in [0.15, 0.2) is 18.2 Å². The fourth-order valence-electron chi connectivity index (χ4n) is 3.65. The zero-order chi connectivity index (χ0) is 19.0. The first-order valence-corrected chi connectivity index (χ1v) is 8.89. The summed E-state index contributed by atoms with van der Waals surface area (Å²) in [6.45, 7) is 2.51. The Hall–Kier alpha value is -2.55. The SMILES string of the molecule is Cc1nc([C@H]2CC3CCN(C(=O)COc4cc(F)ccc4F)C[C@H]3O2)n[nH]1. The van der Waals surface area contributed by atoms with E-state index in [-0.39, 0.29) is 30.5 Å². The zero-order valence-electron chi connectivity index (χ0n) is 14.8. The van der Waals surface area contributed by atoms with E-state index in [9.17, 15) is 13.6 Å². The van der Waals surface area contributed by atoms with Crippen molar-refractivity contribution in [3.05, 3.63) is 41.5 Å². The molecule has 2 saturated heterocycles. The number of benzene rings is 1. The van der Waals surface area contributed by atoms with Crippen LogP contribution in [0.25, 0.3) is 0 Å². The summed E-state index contributed by atoms with van der Waals surface area (Å²) in [5.74, 6) is -0.140. The molecule has 144 valence electrons. The molecule has 27 heavy (non-hydrogen) atoms. The second-order valence-corrected chi connectivity index (χ2v) is 6.93. The average Bonchev–Trinajstić information content (AvgIpc) is 3.27. The summed E-state index contributed by atoms with van der Waals surface area (Å²) >= 11 is 0. The van der Waals surface area contributed by atoms with Gasteiger partial charge in [0.1, 0.15) is 17.7 Å². The van der Waals surface area contributed by atoms with Gasteiger partial charge in [0.2, 0.25) is 0 Å². The van der Waals surface area contributed by atoms with Gasteiger partial charge in [-0.05, 0) is 37.8 Å². The third-order valence-electron chi connectivity index (χ3n) is 5.05. The molecule has 2 fully saturated rings. The molecule has 7 nitrogen and oxygen atoms in total. The van der Waals surface area contributed by atoms with Crippen molar-refractivity contribution in [3.8, 4) is 5.75 Å². The highest BCUT2D eigenvalue weighted by Crippen LogP contribution is 2.39. The first kappa shape index (κ1) is 17.8. The van der Waals surface area contributed by atoms with Crippen molar-refractivity contribution in [3.63, 3.8) is 0 Å². The predicted octanol–water partition coefficient (Wildman–Crippen LogP) is 2.15. The number of fused-ring (bicyclic) bond motifs is 1. The number of rotatable bonds is 4. The molecule has 0 aliphatic carbocycles. The van der Waals surface area contributed by atoms with Crippen molar-refractivity contribution in [2.24, 2.45) is 5.92 Å². The van der Waals surface area contributed by atoms with Crippen molar-refractivity contribution >= 4 is 5.91 Å². The number of amides is 1. The van der Waals surface area contributed by atoms with Gasteiger partial charge < -0.3 is 14.4 Å². The van der Waals surface area contributed by atoms with Crippen molar-refractivity contribution < 1.29 is 23.0 Å². The number of carbonyl (C=O) groups excluding carboxylic acids is 1. The summed E-state index contributed by atoms with van der Waals surface area (Å²) in [6, 6.07) is 2.90. The molecule has 0 spiro atoms. The molecular formula is C18H20F2N4O3. The van der Waals surface area contributed by atoms with Gasteiger partial charge in [-0.15, -0.1) is 0 Å². The van der Waals surface area contributed by atoms with Crippen LogP contribution in [0.4, 0.5) is 8.78 Å². The summed E-state index contributed by atoms with van der Waals surface area (Å²) in [5, 5.41) is 6.98. The number of likely N-dealkylation sites (tertiary alicyclic amines) is 1. The third-order valence-corrected chi connectivity index (χ3v) is 5.05. The number of aromatic amines is 1. The molecule has 0 radical (unpaired) electrons. The number of nitrogens with zero attached hydrogens (tertiary/aromatic N) is 3. The molecule has 0 saturated carbocycles. The molecule has 3 heterocycles. The summed E-state index contributed by atoms with van der Waals surface area (Å²) < 4.78 is 38.0. The van der Waals surface area contributed by atoms with Crippen LogP contribution in [-0.4, -0.2) is 51.8 Å². The number of hydrogen-bond acceptors (Lipinski definition) is 5. The Balaban J connectivity index is 1.33. The number of carbonyl (C=O) groups is 1. The van der Waals surface area contributed by atoms with Crippen LogP contribution < -0.4 is 4.74 Å². The summed E-state index contributed by atoms with van der Waals surface area (Å²) in [6.07, 6.45) is 1.38. The number of ether oxygens (including phenoxy) is 2. The van der Waals surface area contributed by atoms with Gasteiger partial charge in [-0.1, -0.05) is 0 Å². The normalized spacial score (nSPS) is 24.7. The van der Waals surface area contributed by atoms with E-state index in [2.05, 4.69) is 15.2 Å². The molecule has 1 aromatic carbocycles. The standard InChI is InChI=1S/C18H20F2N4O3/c1-10-21-18(23-22-10)15-6-11-4-5-24(8-16(11)27-15)17(25)9-26-14-7-12(19)2-3-13(14)20/h2-3,7,11,15-16H,4-6,8-9H2,1H3,(H,21,22,23)/t11?,15-,16-/m1/s1. The molecule has 0 bridgehead atoms. The number of nitrogens with one attached hydrogen (secondary N) is 1. The Morgan fingerprint density at radius 3 is 3.07 bits per heavy atom. The lowest BCUT2D eigenvalue weighted by molar-refractivity contribution is -0.137. The maximum atomic E-state index is 13.6. The van der Waals surface area contributed by atoms with Crippen molar-refractivity contribution in [1.29, 1.82) is 0 Å². The highest BCUT2D eigenvalue weighted by atomic mass is 19.1. The number of aryl methyl sites for hydroxylation is 1. The second-order valence-electron chi connectivity index (χ2n) is 6.93. The summed E-state index contributed by atoms with van der Waals surface area (Å²) in [5.41, 5.74) is 0. The lowest BCUT2D eigenvalue weighted by atomic mass is 9.91. The second kappa shape index (κ2) is 7.22. The molecular weight excluding hydrogens is 358 g/mol. The minimum absolute atomic E-state index is 0.0857.